The molecular weight excluding hydrogens is 379 g/mol. The van der Waals surface area contributed by atoms with Gasteiger partial charge in [-0.2, -0.15) is 5.10 Å². The van der Waals surface area contributed by atoms with Gasteiger partial charge in [-0.25, -0.2) is 14.4 Å². The van der Waals surface area contributed by atoms with E-state index >= 15 is 0 Å². The van der Waals surface area contributed by atoms with E-state index in [1.165, 1.54) is 12.8 Å². The van der Waals surface area contributed by atoms with Crippen LogP contribution in [0.3, 0.4) is 0 Å². The summed E-state index contributed by atoms with van der Waals surface area (Å²) in [6.07, 6.45) is 10.8. The van der Waals surface area contributed by atoms with Crippen molar-refractivity contribution < 1.29 is 4.39 Å². The highest BCUT2D eigenvalue weighted by Gasteiger charge is 2.32. The summed E-state index contributed by atoms with van der Waals surface area (Å²) in [5, 5.41) is 4.45. The van der Waals surface area contributed by atoms with Crippen LogP contribution in [-0.4, -0.2) is 48.2 Å². The lowest BCUT2D eigenvalue weighted by molar-refractivity contribution is 0.202. The Morgan fingerprint density at radius 3 is 2.57 bits per heavy atom. The zero-order chi connectivity index (χ0) is 20.4. The highest BCUT2D eigenvalue weighted by Crippen LogP contribution is 2.35. The number of pyridine rings is 2. The maximum absolute atomic E-state index is 15.0. The van der Waals surface area contributed by atoms with Crippen molar-refractivity contribution in [2.75, 3.05) is 13.1 Å². The largest absolute Gasteiger partial charge is 0.304 e. The lowest BCUT2D eigenvalue weighted by Crippen LogP contribution is -2.34. The molecule has 6 nitrogen and oxygen atoms in total. The minimum Gasteiger partial charge on any atom is -0.304 e. The van der Waals surface area contributed by atoms with Gasteiger partial charge in [-0.15, -0.1) is 0 Å². The molecule has 0 amide bonds. The van der Waals surface area contributed by atoms with Gasteiger partial charge < -0.3 is 9.30 Å². The van der Waals surface area contributed by atoms with E-state index in [4.69, 9.17) is 4.98 Å². The van der Waals surface area contributed by atoms with Gasteiger partial charge in [0.05, 0.1) is 17.6 Å². The molecule has 2 aliphatic rings. The maximum Gasteiger partial charge on any atom is 0.173 e. The first-order valence-corrected chi connectivity index (χ1v) is 10.8. The number of rotatable bonds is 3. The van der Waals surface area contributed by atoms with Crippen LogP contribution in [0.2, 0.25) is 0 Å². The van der Waals surface area contributed by atoms with Crippen LogP contribution in [0, 0.1) is 12.7 Å². The third-order valence-corrected chi connectivity index (χ3v) is 6.61. The highest BCUT2D eigenvalue weighted by atomic mass is 19.1. The molecule has 0 N–H and O–H groups in total. The minimum atomic E-state index is -0.306. The summed E-state index contributed by atoms with van der Waals surface area (Å²) in [6.45, 7) is 4.27. The number of aromatic nitrogens is 5. The SMILES string of the molecule is Cc1cc(-c2cc(F)c3nc(C4CCN(C5CC5)CC4)cn3c2)nc2cn(C)nc12. The van der Waals surface area contributed by atoms with Crippen LogP contribution < -0.4 is 0 Å². The summed E-state index contributed by atoms with van der Waals surface area (Å²) in [5.74, 6) is 0.106. The van der Waals surface area contributed by atoms with Gasteiger partial charge >= 0.3 is 0 Å². The molecular formula is C23H25FN6. The van der Waals surface area contributed by atoms with Gasteiger partial charge in [-0.3, -0.25) is 4.68 Å². The quantitative estimate of drug-likeness (QED) is 0.516. The summed E-state index contributed by atoms with van der Waals surface area (Å²) < 4.78 is 18.6. The van der Waals surface area contributed by atoms with Gasteiger partial charge in [0.1, 0.15) is 11.0 Å². The molecule has 4 aromatic heterocycles. The molecule has 154 valence electrons. The third-order valence-electron chi connectivity index (χ3n) is 6.61. The lowest BCUT2D eigenvalue weighted by atomic mass is 9.94. The second-order valence-corrected chi connectivity index (χ2v) is 8.88. The first-order chi connectivity index (χ1) is 14.5. The Balaban J connectivity index is 1.35. The Morgan fingerprint density at radius 1 is 1.00 bits per heavy atom. The molecule has 0 aromatic carbocycles. The van der Waals surface area contributed by atoms with Crippen molar-refractivity contribution in [1.29, 1.82) is 0 Å². The molecule has 6 rings (SSSR count). The molecule has 1 aliphatic heterocycles. The fourth-order valence-corrected chi connectivity index (χ4v) is 4.83. The number of aryl methyl sites for hydroxylation is 2. The predicted octanol–water partition coefficient (Wildman–Crippen LogP) is 4.07. The van der Waals surface area contributed by atoms with Crippen molar-refractivity contribution in [2.45, 2.75) is 44.6 Å². The number of hydrogen-bond donors (Lipinski definition) is 0. The van der Waals surface area contributed by atoms with E-state index in [1.807, 2.05) is 43.0 Å². The first-order valence-electron chi connectivity index (χ1n) is 10.8. The van der Waals surface area contributed by atoms with Crippen LogP contribution in [0.15, 0.2) is 30.7 Å². The average molecular weight is 404 g/mol. The topological polar surface area (TPSA) is 51.3 Å². The van der Waals surface area contributed by atoms with Gasteiger partial charge in [-0.05, 0) is 63.4 Å². The Morgan fingerprint density at radius 2 is 1.80 bits per heavy atom. The van der Waals surface area contributed by atoms with Gasteiger partial charge in [0.25, 0.3) is 0 Å². The third kappa shape index (κ3) is 2.99. The fourth-order valence-electron chi connectivity index (χ4n) is 4.83. The molecule has 2 fully saturated rings. The van der Waals surface area contributed by atoms with E-state index in [1.54, 1.807) is 10.7 Å². The molecule has 1 saturated heterocycles. The smallest absolute Gasteiger partial charge is 0.173 e. The van der Waals surface area contributed by atoms with E-state index < -0.39 is 0 Å². The van der Waals surface area contributed by atoms with Crippen molar-refractivity contribution in [3.8, 4) is 11.3 Å². The maximum atomic E-state index is 15.0. The monoisotopic (exact) mass is 404 g/mol. The second kappa shape index (κ2) is 6.60. The molecule has 4 aromatic rings. The Kier molecular flexibility index (Phi) is 3.96. The average Bonchev–Trinajstić information content (AvgIpc) is 3.37. The molecule has 1 aliphatic carbocycles. The number of piperidine rings is 1. The summed E-state index contributed by atoms with van der Waals surface area (Å²) in [4.78, 5) is 12.0. The number of fused-ring (bicyclic) bond motifs is 2. The number of likely N-dealkylation sites (tertiary alicyclic amines) is 1. The van der Waals surface area contributed by atoms with E-state index in [0.29, 0.717) is 11.6 Å². The number of halogens is 1. The number of nitrogens with zero attached hydrogens (tertiary/aromatic N) is 6. The van der Waals surface area contributed by atoms with Gasteiger partial charge in [0.2, 0.25) is 0 Å². The molecule has 30 heavy (non-hydrogen) atoms. The van der Waals surface area contributed by atoms with E-state index in [2.05, 4.69) is 15.0 Å². The molecule has 0 spiro atoms. The van der Waals surface area contributed by atoms with Gasteiger partial charge in [0.15, 0.2) is 11.5 Å². The summed E-state index contributed by atoms with van der Waals surface area (Å²) in [5.41, 5.74) is 5.64. The minimum absolute atomic E-state index is 0.306. The van der Waals surface area contributed by atoms with E-state index in [-0.39, 0.29) is 5.82 Å². The molecule has 0 atom stereocenters. The Labute approximate surface area is 174 Å². The van der Waals surface area contributed by atoms with Crippen LogP contribution in [0.4, 0.5) is 4.39 Å². The molecule has 5 heterocycles. The molecule has 0 bridgehead atoms. The molecule has 7 heteroatoms. The Hall–Kier alpha value is -2.80. The molecule has 0 radical (unpaired) electrons. The summed E-state index contributed by atoms with van der Waals surface area (Å²) in [6, 6.07) is 4.34. The zero-order valence-corrected chi connectivity index (χ0v) is 17.3. The van der Waals surface area contributed by atoms with Crippen molar-refractivity contribution in [2.24, 2.45) is 7.05 Å². The normalized spacial score (nSPS) is 18.6. The number of hydrogen-bond acceptors (Lipinski definition) is 4. The van der Waals surface area contributed by atoms with Crippen molar-refractivity contribution in [3.05, 3.63) is 47.8 Å². The molecule has 1 saturated carbocycles. The van der Waals surface area contributed by atoms with Crippen molar-refractivity contribution in [3.63, 3.8) is 0 Å². The first kappa shape index (κ1) is 18.0. The zero-order valence-electron chi connectivity index (χ0n) is 17.3. The van der Waals surface area contributed by atoms with Crippen LogP contribution in [0.25, 0.3) is 27.9 Å². The van der Waals surface area contributed by atoms with Crippen LogP contribution in [-0.2, 0) is 7.05 Å². The second-order valence-electron chi connectivity index (χ2n) is 8.88. The van der Waals surface area contributed by atoms with Gasteiger partial charge in [-0.1, -0.05) is 0 Å². The Bertz CT molecular complexity index is 1260. The van der Waals surface area contributed by atoms with Crippen molar-refractivity contribution in [1.82, 2.24) is 29.0 Å². The summed E-state index contributed by atoms with van der Waals surface area (Å²) >= 11 is 0. The van der Waals surface area contributed by atoms with Crippen molar-refractivity contribution >= 4 is 16.7 Å². The highest BCUT2D eigenvalue weighted by molar-refractivity contribution is 5.81. The number of imidazole rings is 1. The standard InChI is InChI=1S/C23H25FN6/c1-14-9-19(25-21-12-28(2)27-22(14)21)16-10-18(24)23-26-20(13-30(23)11-16)15-5-7-29(8-6-15)17-3-4-17/h9-13,15,17H,3-8H2,1-2H3. The summed E-state index contributed by atoms with van der Waals surface area (Å²) in [7, 11) is 1.88. The predicted molar refractivity (Wildman–Crippen MR) is 114 cm³/mol. The fraction of sp³-hybridized carbons (Fsp3) is 0.435. The van der Waals surface area contributed by atoms with Gasteiger partial charge in [0, 0.05) is 37.0 Å². The van der Waals surface area contributed by atoms with Crippen LogP contribution in [0.5, 0.6) is 0 Å². The van der Waals surface area contributed by atoms with E-state index in [9.17, 15) is 4.39 Å². The van der Waals surface area contributed by atoms with Crippen LogP contribution in [0.1, 0.15) is 42.9 Å². The van der Waals surface area contributed by atoms with Crippen LogP contribution >= 0.6 is 0 Å². The van der Waals surface area contributed by atoms with E-state index in [0.717, 1.165) is 65.5 Å². The lowest BCUT2D eigenvalue weighted by Gasteiger charge is -2.31. The molecule has 0 unspecified atom stereocenters.